The average Bonchev–Trinajstić information content (AvgIpc) is 2.70. The summed E-state index contributed by atoms with van der Waals surface area (Å²) >= 11 is 0. The number of hydrogen-bond acceptors (Lipinski definition) is 6. The highest BCUT2D eigenvalue weighted by Gasteiger charge is 2.37. The number of fused-ring (bicyclic) bond motifs is 1. The first-order valence-corrected chi connectivity index (χ1v) is 9.88. The second kappa shape index (κ2) is 8.22. The van der Waals surface area contributed by atoms with Crippen LogP contribution in [0.25, 0.3) is 0 Å². The third-order valence-electron chi connectivity index (χ3n) is 5.07. The Balaban J connectivity index is 2.29. The van der Waals surface area contributed by atoms with Gasteiger partial charge >= 0.3 is 11.7 Å². The Morgan fingerprint density at radius 2 is 1.77 bits per heavy atom. The average molecular weight is 413 g/mol. The van der Waals surface area contributed by atoms with Crippen LogP contribution in [0, 0.1) is 0 Å². The van der Waals surface area contributed by atoms with Gasteiger partial charge in [0.1, 0.15) is 11.6 Å². The van der Waals surface area contributed by atoms with Gasteiger partial charge in [0.05, 0.1) is 29.8 Å². The summed E-state index contributed by atoms with van der Waals surface area (Å²) < 4.78 is 13.4. The number of rotatable bonds is 5. The summed E-state index contributed by atoms with van der Waals surface area (Å²) in [5, 5.41) is 3.08. The zero-order valence-corrected chi connectivity index (χ0v) is 18.1. The van der Waals surface area contributed by atoms with E-state index in [1.54, 1.807) is 40.0 Å². The molecule has 1 aromatic heterocycles. The van der Waals surface area contributed by atoms with Gasteiger partial charge in [-0.05, 0) is 45.4 Å². The molecular formula is C22H27N3O5. The second-order valence-electron chi connectivity index (χ2n) is 7.52. The van der Waals surface area contributed by atoms with Gasteiger partial charge in [-0.1, -0.05) is 12.1 Å². The Hall–Kier alpha value is -3.29. The van der Waals surface area contributed by atoms with Gasteiger partial charge in [-0.2, -0.15) is 0 Å². The summed E-state index contributed by atoms with van der Waals surface area (Å²) in [5.41, 5.74) is 1.03. The molecule has 8 nitrogen and oxygen atoms in total. The topological polar surface area (TPSA) is 91.6 Å². The van der Waals surface area contributed by atoms with Crippen LogP contribution in [-0.2, 0) is 23.6 Å². The molecule has 2 aromatic rings. The van der Waals surface area contributed by atoms with E-state index in [9.17, 15) is 14.4 Å². The highest BCUT2D eigenvalue weighted by molar-refractivity contribution is 5.94. The Bertz CT molecular complexity index is 1120. The van der Waals surface area contributed by atoms with Crippen molar-refractivity contribution in [3.05, 3.63) is 67.5 Å². The van der Waals surface area contributed by atoms with Crippen LogP contribution in [0.2, 0.25) is 0 Å². The van der Waals surface area contributed by atoms with Crippen molar-refractivity contribution in [2.24, 2.45) is 14.1 Å². The normalized spacial score (nSPS) is 15.6. The highest BCUT2D eigenvalue weighted by Crippen LogP contribution is 2.40. The van der Waals surface area contributed by atoms with Crippen molar-refractivity contribution in [2.75, 3.05) is 11.9 Å². The minimum atomic E-state index is -0.686. The molecular weight excluding hydrogens is 386 g/mol. The minimum Gasteiger partial charge on any atom is -0.494 e. The number of aromatic nitrogens is 2. The van der Waals surface area contributed by atoms with Gasteiger partial charge in [0, 0.05) is 19.8 Å². The van der Waals surface area contributed by atoms with E-state index >= 15 is 0 Å². The molecule has 30 heavy (non-hydrogen) atoms. The third kappa shape index (κ3) is 3.65. The van der Waals surface area contributed by atoms with Gasteiger partial charge in [0.2, 0.25) is 0 Å². The fourth-order valence-corrected chi connectivity index (χ4v) is 3.69. The van der Waals surface area contributed by atoms with Crippen LogP contribution in [0.3, 0.4) is 0 Å². The molecule has 8 heteroatoms. The number of esters is 1. The summed E-state index contributed by atoms with van der Waals surface area (Å²) in [6.07, 6.45) is -0.317. The molecule has 0 saturated carbocycles. The Morgan fingerprint density at radius 1 is 1.13 bits per heavy atom. The molecule has 1 unspecified atom stereocenters. The summed E-state index contributed by atoms with van der Waals surface area (Å²) in [7, 11) is 3.02. The number of allylic oxidation sites excluding steroid dienone is 1. The number of anilines is 1. The Morgan fingerprint density at radius 3 is 2.33 bits per heavy atom. The van der Waals surface area contributed by atoms with Crippen LogP contribution in [0.15, 0.2) is 45.1 Å². The van der Waals surface area contributed by atoms with Crippen molar-refractivity contribution in [3.8, 4) is 5.75 Å². The molecule has 1 aromatic carbocycles. The largest absolute Gasteiger partial charge is 0.494 e. The molecule has 160 valence electrons. The molecule has 3 rings (SSSR count). The summed E-state index contributed by atoms with van der Waals surface area (Å²) in [6, 6.07) is 7.25. The van der Waals surface area contributed by atoms with E-state index in [1.165, 1.54) is 11.6 Å². The molecule has 1 aliphatic rings. The number of nitrogens with zero attached hydrogens (tertiary/aromatic N) is 2. The lowest BCUT2D eigenvalue weighted by atomic mass is 9.82. The highest BCUT2D eigenvalue weighted by atomic mass is 16.5. The predicted molar refractivity (Wildman–Crippen MR) is 114 cm³/mol. The number of carbonyl (C=O) groups excluding carboxylic acids is 1. The maximum atomic E-state index is 13.1. The number of ether oxygens (including phenoxy) is 2. The Kier molecular flexibility index (Phi) is 5.87. The van der Waals surface area contributed by atoms with Crippen molar-refractivity contribution in [1.29, 1.82) is 0 Å². The molecule has 0 saturated heterocycles. The molecule has 0 bridgehead atoms. The second-order valence-corrected chi connectivity index (χ2v) is 7.52. The number of nitrogens with one attached hydrogen (secondary N) is 1. The summed E-state index contributed by atoms with van der Waals surface area (Å²) in [5.74, 6) is -0.125. The zero-order chi connectivity index (χ0) is 22.2. The standard InChI is InChI=1S/C22H27N3O5/c1-7-29-15-10-8-14(9-11-15)17-16(21(27)30-12(2)3)13(4)23-19-18(17)20(26)25(6)22(28)24(19)5/h8-12,17,23H,7H2,1-6H3. The van der Waals surface area contributed by atoms with Crippen molar-refractivity contribution < 1.29 is 14.3 Å². The van der Waals surface area contributed by atoms with Crippen molar-refractivity contribution in [1.82, 2.24) is 9.13 Å². The molecule has 0 radical (unpaired) electrons. The van der Waals surface area contributed by atoms with Crippen LogP contribution < -0.4 is 21.3 Å². The number of benzene rings is 1. The summed E-state index contributed by atoms with van der Waals surface area (Å²) in [4.78, 5) is 38.6. The lowest BCUT2D eigenvalue weighted by Gasteiger charge is -2.31. The first-order chi connectivity index (χ1) is 14.2. The molecule has 1 atom stereocenters. The van der Waals surface area contributed by atoms with E-state index in [2.05, 4.69) is 5.32 Å². The van der Waals surface area contributed by atoms with E-state index in [0.717, 1.165) is 10.1 Å². The van der Waals surface area contributed by atoms with Gasteiger partial charge in [0.15, 0.2) is 0 Å². The van der Waals surface area contributed by atoms with Crippen molar-refractivity contribution >= 4 is 11.8 Å². The lowest BCUT2D eigenvalue weighted by molar-refractivity contribution is -0.143. The molecule has 1 aliphatic heterocycles. The maximum absolute atomic E-state index is 13.1. The monoisotopic (exact) mass is 413 g/mol. The van der Waals surface area contributed by atoms with E-state index < -0.39 is 23.1 Å². The quantitative estimate of drug-likeness (QED) is 0.756. The van der Waals surface area contributed by atoms with Gasteiger partial charge in [0.25, 0.3) is 5.56 Å². The molecule has 0 fully saturated rings. The molecule has 0 aliphatic carbocycles. The fourth-order valence-electron chi connectivity index (χ4n) is 3.69. The number of carbonyl (C=O) groups is 1. The smallest absolute Gasteiger partial charge is 0.337 e. The first-order valence-electron chi connectivity index (χ1n) is 9.88. The molecule has 2 heterocycles. The van der Waals surface area contributed by atoms with Crippen LogP contribution in [0.5, 0.6) is 5.75 Å². The zero-order valence-electron chi connectivity index (χ0n) is 18.1. The lowest BCUT2D eigenvalue weighted by Crippen LogP contribution is -2.43. The number of hydrogen-bond donors (Lipinski definition) is 1. The SMILES string of the molecule is CCOc1ccc(C2C(C(=O)OC(C)C)=C(C)Nc3c2c(=O)n(C)c(=O)n3C)cc1. The van der Waals surface area contributed by atoms with Gasteiger partial charge in [-0.25, -0.2) is 9.59 Å². The van der Waals surface area contributed by atoms with E-state index in [4.69, 9.17) is 9.47 Å². The van der Waals surface area contributed by atoms with Crippen molar-refractivity contribution in [3.63, 3.8) is 0 Å². The van der Waals surface area contributed by atoms with Crippen LogP contribution in [0.1, 0.15) is 44.7 Å². The van der Waals surface area contributed by atoms with Crippen LogP contribution in [0.4, 0.5) is 5.82 Å². The predicted octanol–water partition coefficient (Wildman–Crippen LogP) is 2.27. The van der Waals surface area contributed by atoms with E-state index in [0.29, 0.717) is 35.0 Å². The fraction of sp³-hybridized carbons (Fsp3) is 0.409. The summed E-state index contributed by atoms with van der Waals surface area (Å²) in [6.45, 7) is 7.71. The van der Waals surface area contributed by atoms with Gasteiger partial charge < -0.3 is 14.8 Å². The van der Waals surface area contributed by atoms with Crippen LogP contribution in [-0.4, -0.2) is 27.8 Å². The van der Waals surface area contributed by atoms with Crippen LogP contribution >= 0.6 is 0 Å². The van der Waals surface area contributed by atoms with E-state index in [-0.39, 0.29) is 6.10 Å². The molecule has 0 spiro atoms. The molecule has 0 amide bonds. The van der Waals surface area contributed by atoms with Gasteiger partial charge in [-0.15, -0.1) is 0 Å². The first kappa shape index (κ1) is 21.4. The minimum absolute atomic E-state index is 0.317. The van der Waals surface area contributed by atoms with Gasteiger partial charge in [-0.3, -0.25) is 13.9 Å². The van der Waals surface area contributed by atoms with E-state index in [1.807, 2.05) is 19.1 Å². The third-order valence-corrected chi connectivity index (χ3v) is 5.07. The maximum Gasteiger partial charge on any atom is 0.337 e. The Labute approximate surface area is 174 Å². The molecule has 1 N–H and O–H groups in total. The van der Waals surface area contributed by atoms with Crippen molar-refractivity contribution in [2.45, 2.75) is 39.7 Å².